The zero-order valence-electron chi connectivity index (χ0n) is 24.1. The number of ether oxygens (including phenoxy) is 1. The van der Waals surface area contributed by atoms with Crippen molar-refractivity contribution in [1.29, 1.82) is 0 Å². The molecule has 0 amide bonds. The number of benzene rings is 3. The van der Waals surface area contributed by atoms with Gasteiger partial charge in [0.15, 0.2) is 0 Å². The smallest absolute Gasteiger partial charge is 0.346 e. The molecule has 0 bridgehead atoms. The molecular formula is C33H39N3O4. The zero-order valence-corrected chi connectivity index (χ0v) is 24.1. The SMILES string of the molecule is CCn1c(CCCc2ccc(-c3ccc(CC(=O)O)c(OC)c3)cc2)nn(Cc2ccc(C(C)(C)C)cc2)c1=O. The summed E-state index contributed by atoms with van der Waals surface area (Å²) in [6.45, 7) is 9.62. The molecule has 0 atom stereocenters. The van der Waals surface area contributed by atoms with E-state index in [1.165, 1.54) is 11.1 Å². The summed E-state index contributed by atoms with van der Waals surface area (Å²) in [6, 6.07) is 22.4. The molecule has 0 aliphatic carbocycles. The molecule has 1 N–H and O–H groups in total. The lowest BCUT2D eigenvalue weighted by Gasteiger charge is -2.19. The number of methoxy groups -OCH3 is 1. The number of aromatic nitrogens is 3. The lowest BCUT2D eigenvalue weighted by molar-refractivity contribution is -0.136. The molecule has 7 nitrogen and oxygen atoms in total. The first kappa shape index (κ1) is 28.9. The van der Waals surface area contributed by atoms with E-state index in [4.69, 9.17) is 14.9 Å². The van der Waals surface area contributed by atoms with Crippen LogP contribution in [0.5, 0.6) is 5.75 Å². The quantitative estimate of drug-likeness (QED) is 0.256. The van der Waals surface area contributed by atoms with Crippen LogP contribution in [0.4, 0.5) is 0 Å². The lowest BCUT2D eigenvalue weighted by Crippen LogP contribution is -2.25. The van der Waals surface area contributed by atoms with Crippen LogP contribution < -0.4 is 10.4 Å². The Balaban J connectivity index is 1.39. The van der Waals surface area contributed by atoms with Gasteiger partial charge in [-0.1, -0.05) is 81.4 Å². The predicted molar refractivity (Wildman–Crippen MR) is 158 cm³/mol. The van der Waals surface area contributed by atoms with Gasteiger partial charge in [-0.05, 0) is 59.1 Å². The molecule has 1 aromatic heterocycles. The largest absolute Gasteiger partial charge is 0.496 e. The molecule has 210 valence electrons. The Labute approximate surface area is 236 Å². The number of aliphatic carboxylic acids is 1. The van der Waals surface area contributed by atoms with Crippen molar-refractivity contribution in [3.63, 3.8) is 0 Å². The van der Waals surface area contributed by atoms with E-state index >= 15 is 0 Å². The number of carbonyl (C=O) groups is 1. The number of rotatable bonds is 11. The summed E-state index contributed by atoms with van der Waals surface area (Å²) in [4.78, 5) is 24.1. The van der Waals surface area contributed by atoms with Crippen LogP contribution in [0.25, 0.3) is 11.1 Å². The second-order valence-electron chi connectivity index (χ2n) is 11.2. The zero-order chi connectivity index (χ0) is 28.9. The number of hydrogen-bond acceptors (Lipinski definition) is 4. The van der Waals surface area contributed by atoms with Gasteiger partial charge in [-0.25, -0.2) is 9.48 Å². The van der Waals surface area contributed by atoms with E-state index in [1.54, 1.807) is 16.4 Å². The van der Waals surface area contributed by atoms with Crippen molar-refractivity contribution in [3.8, 4) is 16.9 Å². The monoisotopic (exact) mass is 541 g/mol. The average molecular weight is 542 g/mol. The van der Waals surface area contributed by atoms with Crippen molar-refractivity contribution in [2.24, 2.45) is 0 Å². The van der Waals surface area contributed by atoms with Crippen LogP contribution in [0.3, 0.4) is 0 Å². The second-order valence-corrected chi connectivity index (χ2v) is 11.2. The minimum absolute atomic E-state index is 0.0634. The molecule has 0 fully saturated rings. The molecule has 0 unspecified atom stereocenters. The average Bonchev–Trinajstić information content (AvgIpc) is 3.22. The van der Waals surface area contributed by atoms with Crippen molar-refractivity contribution >= 4 is 5.97 Å². The van der Waals surface area contributed by atoms with E-state index in [0.717, 1.165) is 41.8 Å². The molecule has 0 saturated carbocycles. The Morgan fingerprint density at radius 3 is 2.17 bits per heavy atom. The Kier molecular flexibility index (Phi) is 8.93. The first-order valence-electron chi connectivity index (χ1n) is 13.8. The van der Waals surface area contributed by atoms with Crippen molar-refractivity contribution in [1.82, 2.24) is 14.3 Å². The molecular weight excluding hydrogens is 502 g/mol. The van der Waals surface area contributed by atoms with Gasteiger partial charge in [0.05, 0.1) is 20.1 Å². The standard InChI is InChI=1S/C33H39N3O4/c1-6-35-30(34-36(32(35)39)22-24-12-18-28(19-13-24)33(2,3)4)9-7-8-23-10-14-25(15-11-23)26-16-17-27(21-31(37)38)29(20-26)40-5/h10-20H,6-9,21-22H2,1-5H3,(H,37,38). The first-order valence-corrected chi connectivity index (χ1v) is 13.8. The van der Waals surface area contributed by atoms with Crippen molar-refractivity contribution < 1.29 is 14.6 Å². The molecule has 0 saturated heterocycles. The summed E-state index contributed by atoms with van der Waals surface area (Å²) in [5.74, 6) is 0.514. The van der Waals surface area contributed by atoms with E-state index in [-0.39, 0.29) is 17.5 Å². The van der Waals surface area contributed by atoms with Gasteiger partial charge in [-0.15, -0.1) is 0 Å². The number of carboxylic acids is 1. The van der Waals surface area contributed by atoms with Crippen LogP contribution >= 0.6 is 0 Å². The number of carboxylic acid groups (broad SMARTS) is 1. The number of hydrogen-bond donors (Lipinski definition) is 1. The molecule has 0 spiro atoms. The highest BCUT2D eigenvalue weighted by atomic mass is 16.5. The summed E-state index contributed by atoms with van der Waals surface area (Å²) < 4.78 is 8.76. The summed E-state index contributed by atoms with van der Waals surface area (Å²) >= 11 is 0. The maximum atomic E-state index is 13.0. The highest BCUT2D eigenvalue weighted by molar-refractivity contribution is 5.73. The van der Waals surface area contributed by atoms with Gasteiger partial charge in [0.1, 0.15) is 11.6 Å². The minimum Gasteiger partial charge on any atom is -0.496 e. The highest BCUT2D eigenvalue weighted by Gasteiger charge is 2.15. The van der Waals surface area contributed by atoms with Crippen LogP contribution in [-0.4, -0.2) is 32.5 Å². The fourth-order valence-electron chi connectivity index (χ4n) is 4.92. The number of nitrogens with zero attached hydrogens (tertiary/aromatic N) is 3. The van der Waals surface area contributed by atoms with Crippen molar-refractivity contribution in [2.45, 2.75) is 71.9 Å². The van der Waals surface area contributed by atoms with E-state index in [0.29, 0.717) is 24.4 Å². The van der Waals surface area contributed by atoms with Gasteiger partial charge in [-0.2, -0.15) is 5.10 Å². The molecule has 4 rings (SSSR count). The van der Waals surface area contributed by atoms with Gasteiger partial charge >= 0.3 is 11.7 Å². The summed E-state index contributed by atoms with van der Waals surface area (Å²) in [6.07, 6.45) is 2.41. The van der Waals surface area contributed by atoms with Crippen LogP contribution in [-0.2, 0) is 42.6 Å². The van der Waals surface area contributed by atoms with Gasteiger partial charge in [0.2, 0.25) is 0 Å². The summed E-state index contributed by atoms with van der Waals surface area (Å²) in [5, 5.41) is 13.8. The lowest BCUT2D eigenvalue weighted by atomic mass is 9.87. The highest BCUT2D eigenvalue weighted by Crippen LogP contribution is 2.28. The predicted octanol–water partition coefficient (Wildman–Crippen LogP) is 5.89. The summed E-state index contributed by atoms with van der Waals surface area (Å²) in [5.41, 5.74) is 6.24. The first-order chi connectivity index (χ1) is 19.1. The van der Waals surface area contributed by atoms with Crippen molar-refractivity contribution in [2.75, 3.05) is 7.11 Å². The molecule has 40 heavy (non-hydrogen) atoms. The van der Waals surface area contributed by atoms with Crippen LogP contribution in [0.1, 0.15) is 62.2 Å². The van der Waals surface area contributed by atoms with Crippen LogP contribution in [0.2, 0.25) is 0 Å². The second kappa shape index (κ2) is 12.4. The Hall–Kier alpha value is -4.13. The Morgan fingerprint density at radius 2 is 1.57 bits per heavy atom. The third-order valence-electron chi connectivity index (χ3n) is 7.25. The fraction of sp³-hybridized carbons (Fsp3) is 0.364. The van der Waals surface area contributed by atoms with Gasteiger partial charge in [0.25, 0.3) is 0 Å². The molecule has 1 heterocycles. The van der Waals surface area contributed by atoms with E-state index in [9.17, 15) is 9.59 Å². The summed E-state index contributed by atoms with van der Waals surface area (Å²) in [7, 11) is 1.55. The fourth-order valence-corrected chi connectivity index (χ4v) is 4.92. The molecule has 0 aliphatic rings. The maximum Gasteiger partial charge on any atom is 0.346 e. The number of aryl methyl sites for hydroxylation is 2. The minimum atomic E-state index is -0.885. The molecule has 3 aromatic carbocycles. The third-order valence-corrected chi connectivity index (χ3v) is 7.25. The Bertz CT molecular complexity index is 1510. The van der Waals surface area contributed by atoms with Gasteiger partial charge in [0, 0.05) is 18.5 Å². The maximum absolute atomic E-state index is 13.0. The van der Waals surface area contributed by atoms with Crippen LogP contribution in [0, 0.1) is 0 Å². The van der Waals surface area contributed by atoms with E-state index < -0.39 is 5.97 Å². The topological polar surface area (TPSA) is 86.3 Å². The normalized spacial score (nSPS) is 11.5. The van der Waals surface area contributed by atoms with Crippen molar-refractivity contribution in [3.05, 3.63) is 105 Å². The van der Waals surface area contributed by atoms with Gasteiger partial charge < -0.3 is 9.84 Å². The van der Waals surface area contributed by atoms with Crippen LogP contribution in [0.15, 0.2) is 71.5 Å². The Morgan fingerprint density at radius 1 is 0.925 bits per heavy atom. The van der Waals surface area contributed by atoms with Gasteiger partial charge in [-0.3, -0.25) is 9.36 Å². The van der Waals surface area contributed by atoms with E-state index in [1.807, 2.05) is 25.1 Å². The molecule has 7 heteroatoms. The van der Waals surface area contributed by atoms with E-state index in [2.05, 4.69) is 69.3 Å². The molecule has 4 aromatic rings. The molecule has 0 aliphatic heterocycles. The molecule has 0 radical (unpaired) electrons. The third kappa shape index (κ3) is 6.89.